The molecule has 1 aromatic heterocycles. The number of alkyl halides is 1. The van der Waals surface area contributed by atoms with E-state index in [2.05, 4.69) is 9.88 Å². The van der Waals surface area contributed by atoms with Crippen molar-refractivity contribution in [3.05, 3.63) is 70.7 Å². The van der Waals surface area contributed by atoms with E-state index >= 15 is 4.39 Å². The fourth-order valence-corrected chi connectivity index (χ4v) is 5.76. The van der Waals surface area contributed by atoms with E-state index in [0.29, 0.717) is 79.5 Å². The standard InChI is InChI=1S/C30H34F4N2O3/c1-19-18-35-26-6-5-21(39-2)16-22(26)28(19)23(31)7-8-30(17-27(37)38)9-12-36(13-10-30)11-3-4-20-14-24(32)29(34)25(33)15-20/h5-6,14-16,18,23H,3-4,7-13,17H2,1-2H3,(H,37,38)/t23-/m1/s1. The van der Waals surface area contributed by atoms with Gasteiger partial charge in [-0.25, -0.2) is 17.6 Å². The zero-order valence-electron chi connectivity index (χ0n) is 22.3. The van der Waals surface area contributed by atoms with E-state index in [9.17, 15) is 23.1 Å². The number of piperidine rings is 1. The Morgan fingerprint density at radius 2 is 1.85 bits per heavy atom. The van der Waals surface area contributed by atoms with Gasteiger partial charge in [-0.05, 0) is 118 Å². The fraction of sp³-hybridized carbons (Fsp3) is 0.467. The number of rotatable bonds is 11. The lowest BCUT2D eigenvalue weighted by Crippen LogP contribution is -2.41. The molecule has 1 saturated heterocycles. The quantitative estimate of drug-likeness (QED) is 0.208. The number of hydrogen-bond acceptors (Lipinski definition) is 4. The molecule has 3 aromatic rings. The molecule has 210 valence electrons. The molecule has 2 aromatic carbocycles. The summed E-state index contributed by atoms with van der Waals surface area (Å²) in [5.41, 5.74) is 1.87. The maximum Gasteiger partial charge on any atom is 0.303 e. The summed E-state index contributed by atoms with van der Waals surface area (Å²) in [6, 6.07) is 7.41. The molecule has 2 heterocycles. The number of pyridine rings is 1. The molecule has 0 unspecified atom stereocenters. The molecule has 1 atom stereocenters. The van der Waals surface area contributed by atoms with Crippen LogP contribution in [0, 0.1) is 29.8 Å². The Morgan fingerprint density at radius 3 is 2.49 bits per heavy atom. The number of aryl methyl sites for hydroxylation is 2. The number of carboxylic acids is 1. The molecule has 5 nitrogen and oxygen atoms in total. The smallest absolute Gasteiger partial charge is 0.303 e. The van der Waals surface area contributed by atoms with Gasteiger partial charge in [0.05, 0.1) is 19.0 Å². The lowest BCUT2D eigenvalue weighted by Gasteiger charge is -2.41. The number of nitrogens with zero attached hydrogens (tertiary/aromatic N) is 2. The summed E-state index contributed by atoms with van der Waals surface area (Å²) in [5, 5.41) is 10.3. The molecular weight excluding hydrogens is 512 g/mol. The first-order valence-corrected chi connectivity index (χ1v) is 13.3. The van der Waals surface area contributed by atoms with Crippen LogP contribution in [0.5, 0.6) is 5.75 Å². The predicted molar refractivity (Wildman–Crippen MR) is 141 cm³/mol. The Morgan fingerprint density at radius 1 is 1.15 bits per heavy atom. The highest BCUT2D eigenvalue weighted by molar-refractivity contribution is 5.85. The topological polar surface area (TPSA) is 62.7 Å². The molecule has 9 heteroatoms. The molecule has 1 aliphatic heterocycles. The third kappa shape index (κ3) is 6.87. The number of methoxy groups -OCH3 is 1. The number of benzene rings is 2. The number of hydrogen-bond donors (Lipinski definition) is 1. The SMILES string of the molecule is COc1ccc2ncc(C)c([C@H](F)CCC3(CC(=O)O)CCN(CCCc4cc(F)c(F)c(F)c4)CC3)c2c1. The molecular formula is C30H34F4N2O3. The van der Waals surface area contributed by atoms with Gasteiger partial charge in [0.1, 0.15) is 11.9 Å². The molecule has 1 aliphatic rings. The van der Waals surface area contributed by atoms with Crippen molar-refractivity contribution in [2.75, 3.05) is 26.7 Å². The summed E-state index contributed by atoms with van der Waals surface area (Å²) in [6.45, 7) is 3.81. The summed E-state index contributed by atoms with van der Waals surface area (Å²) in [5.74, 6) is -4.13. The zero-order chi connectivity index (χ0) is 28.2. The van der Waals surface area contributed by atoms with Gasteiger partial charge in [0.25, 0.3) is 0 Å². The van der Waals surface area contributed by atoms with Crippen molar-refractivity contribution in [1.82, 2.24) is 9.88 Å². The van der Waals surface area contributed by atoms with Gasteiger partial charge in [0.15, 0.2) is 17.5 Å². The van der Waals surface area contributed by atoms with Gasteiger partial charge in [-0.3, -0.25) is 9.78 Å². The summed E-state index contributed by atoms with van der Waals surface area (Å²) >= 11 is 0. The Bertz CT molecular complexity index is 1300. The van der Waals surface area contributed by atoms with Crippen LogP contribution in [0.3, 0.4) is 0 Å². The number of fused-ring (bicyclic) bond motifs is 1. The fourth-order valence-electron chi connectivity index (χ4n) is 5.76. The van der Waals surface area contributed by atoms with E-state index < -0.39 is 35.0 Å². The second-order valence-corrected chi connectivity index (χ2v) is 10.6. The molecule has 0 radical (unpaired) electrons. The highest BCUT2D eigenvalue weighted by Gasteiger charge is 2.37. The molecule has 0 spiro atoms. The largest absolute Gasteiger partial charge is 0.497 e. The Labute approximate surface area is 225 Å². The van der Waals surface area contributed by atoms with Gasteiger partial charge in [0.2, 0.25) is 0 Å². The number of halogens is 4. The van der Waals surface area contributed by atoms with Crippen LogP contribution in [0.1, 0.15) is 61.4 Å². The lowest BCUT2D eigenvalue weighted by molar-refractivity contribution is -0.141. The van der Waals surface area contributed by atoms with Crippen molar-refractivity contribution in [3.63, 3.8) is 0 Å². The number of aromatic nitrogens is 1. The second kappa shape index (κ2) is 12.3. The first-order chi connectivity index (χ1) is 18.6. The van der Waals surface area contributed by atoms with E-state index in [4.69, 9.17) is 4.74 Å². The molecule has 0 bridgehead atoms. The highest BCUT2D eigenvalue weighted by Crippen LogP contribution is 2.43. The van der Waals surface area contributed by atoms with E-state index in [1.165, 1.54) is 0 Å². The lowest BCUT2D eigenvalue weighted by atomic mass is 9.71. The average molecular weight is 547 g/mol. The molecule has 39 heavy (non-hydrogen) atoms. The summed E-state index contributed by atoms with van der Waals surface area (Å²) in [6.07, 6.45) is 3.28. The zero-order valence-corrected chi connectivity index (χ0v) is 22.3. The Balaban J connectivity index is 1.38. The minimum Gasteiger partial charge on any atom is -0.497 e. The first kappa shape index (κ1) is 28.8. The Hall–Kier alpha value is -3.20. The molecule has 1 fully saturated rings. The maximum atomic E-state index is 15.8. The summed E-state index contributed by atoms with van der Waals surface area (Å²) in [7, 11) is 1.56. The van der Waals surface area contributed by atoms with Gasteiger partial charge < -0.3 is 14.7 Å². The van der Waals surface area contributed by atoms with Crippen molar-refractivity contribution in [3.8, 4) is 5.75 Å². The number of ether oxygens (including phenoxy) is 1. The molecule has 0 aliphatic carbocycles. The van der Waals surface area contributed by atoms with Crippen LogP contribution in [0.4, 0.5) is 17.6 Å². The van der Waals surface area contributed by atoms with Crippen LogP contribution < -0.4 is 4.74 Å². The van der Waals surface area contributed by atoms with Gasteiger partial charge in [0, 0.05) is 11.6 Å². The third-order valence-corrected chi connectivity index (χ3v) is 7.98. The van der Waals surface area contributed by atoms with Crippen molar-refractivity contribution < 1.29 is 32.2 Å². The molecule has 0 saturated carbocycles. The third-order valence-electron chi connectivity index (χ3n) is 7.98. The van der Waals surface area contributed by atoms with Crippen LogP contribution in [-0.2, 0) is 11.2 Å². The van der Waals surface area contributed by atoms with Gasteiger partial charge >= 0.3 is 5.97 Å². The van der Waals surface area contributed by atoms with E-state index in [-0.39, 0.29) is 12.8 Å². The number of likely N-dealkylation sites (tertiary alicyclic amines) is 1. The van der Waals surface area contributed by atoms with Gasteiger partial charge in [-0.2, -0.15) is 0 Å². The van der Waals surface area contributed by atoms with Crippen molar-refractivity contribution >= 4 is 16.9 Å². The first-order valence-electron chi connectivity index (χ1n) is 13.3. The van der Waals surface area contributed by atoms with Crippen molar-refractivity contribution in [2.45, 2.75) is 58.0 Å². The molecule has 1 N–H and O–H groups in total. The van der Waals surface area contributed by atoms with Crippen LogP contribution in [0.2, 0.25) is 0 Å². The number of aliphatic carboxylic acids is 1. The van der Waals surface area contributed by atoms with E-state index in [1.807, 2.05) is 6.92 Å². The Kier molecular flexibility index (Phi) is 9.10. The summed E-state index contributed by atoms with van der Waals surface area (Å²) < 4.78 is 61.3. The van der Waals surface area contributed by atoms with E-state index in [1.54, 1.807) is 31.5 Å². The highest BCUT2D eigenvalue weighted by atomic mass is 19.2. The normalized spacial score (nSPS) is 16.4. The molecule has 0 amide bonds. The second-order valence-electron chi connectivity index (χ2n) is 10.6. The van der Waals surface area contributed by atoms with Crippen LogP contribution >= 0.6 is 0 Å². The van der Waals surface area contributed by atoms with E-state index in [0.717, 1.165) is 17.7 Å². The van der Waals surface area contributed by atoms with Crippen molar-refractivity contribution in [1.29, 1.82) is 0 Å². The molecule has 4 rings (SSSR count). The number of carbonyl (C=O) groups is 1. The minimum atomic E-state index is -1.47. The summed E-state index contributed by atoms with van der Waals surface area (Å²) in [4.78, 5) is 18.4. The number of carboxylic acid groups (broad SMARTS) is 1. The maximum absolute atomic E-state index is 15.8. The average Bonchev–Trinajstić information content (AvgIpc) is 2.90. The van der Waals surface area contributed by atoms with Gasteiger partial charge in [-0.1, -0.05) is 0 Å². The van der Waals surface area contributed by atoms with Crippen LogP contribution in [0.25, 0.3) is 10.9 Å². The monoisotopic (exact) mass is 546 g/mol. The minimum absolute atomic E-state index is 0.0222. The van der Waals surface area contributed by atoms with Gasteiger partial charge in [-0.15, -0.1) is 0 Å². The predicted octanol–water partition coefficient (Wildman–Crippen LogP) is 6.95. The van der Waals surface area contributed by atoms with Crippen LogP contribution in [-0.4, -0.2) is 47.7 Å². The van der Waals surface area contributed by atoms with Crippen molar-refractivity contribution in [2.24, 2.45) is 5.41 Å². The van der Waals surface area contributed by atoms with Crippen LogP contribution in [0.15, 0.2) is 36.5 Å².